The predicted octanol–water partition coefficient (Wildman–Crippen LogP) is 3.76. The molecular weight excluding hydrogens is 389 g/mol. The first-order valence-electron chi connectivity index (χ1n) is 7.87. The molecule has 0 radical (unpaired) electrons. The summed E-state index contributed by atoms with van der Waals surface area (Å²) in [4.78, 5) is 7.88. The number of halogens is 5. The van der Waals surface area contributed by atoms with Crippen molar-refractivity contribution in [3.8, 4) is 17.1 Å². The molecule has 0 saturated carbocycles. The lowest BCUT2D eigenvalue weighted by Crippen LogP contribution is -2.33. The Hall–Kier alpha value is -3.02. The van der Waals surface area contributed by atoms with Gasteiger partial charge in [0, 0.05) is 24.0 Å². The van der Waals surface area contributed by atoms with Gasteiger partial charge in [0.15, 0.2) is 11.8 Å². The molecule has 0 aromatic carbocycles. The molecule has 0 aliphatic rings. The number of hydrogen-bond acceptors (Lipinski definition) is 6. The molecule has 3 aromatic rings. The van der Waals surface area contributed by atoms with E-state index in [-0.39, 0.29) is 23.6 Å². The summed E-state index contributed by atoms with van der Waals surface area (Å²) in [5, 5.41) is 6.93. The Labute approximate surface area is 155 Å². The predicted molar refractivity (Wildman–Crippen MR) is 85.1 cm³/mol. The largest absolute Gasteiger partial charge is 0.465 e. The maximum atomic E-state index is 13.7. The van der Waals surface area contributed by atoms with Crippen LogP contribution in [-0.2, 0) is 10.8 Å². The van der Waals surface area contributed by atoms with Gasteiger partial charge in [0.25, 0.3) is 0 Å². The molecule has 0 bridgehead atoms. The van der Waals surface area contributed by atoms with Gasteiger partial charge in [-0.3, -0.25) is 9.38 Å². The lowest BCUT2D eigenvalue weighted by atomic mass is 10.2. The molecule has 0 spiro atoms. The summed E-state index contributed by atoms with van der Waals surface area (Å²) in [5.41, 5.74) is 0.600. The molecule has 0 N–H and O–H groups in total. The van der Waals surface area contributed by atoms with Gasteiger partial charge in [-0.15, -0.1) is 14.9 Å². The topological polar surface area (TPSA) is 74.4 Å². The van der Waals surface area contributed by atoms with E-state index >= 15 is 0 Å². The highest BCUT2D eigenvalue weighted by Gasteiger charge is 2.42. The van der Waals surface area contributed by atoms with Crippen LogP contribution in [0.1, 0.15) is 19.2 Å². The van der Waals surface area contributed by atoms with Gasteiger partial charge in [-0.2, -0.15) is 22.0 Å². The van der Waals surface area contributed by atoms with Crippen LogP contribution in [-0.4, -0.2) is 36.8 Å². The van der Waals surface area contributed by atoms with Gasteiger partial charge in [0.05, 0.1) is 11.9 Å². The Morgan fingerprint density at radius 2 is 1.86 bits per heavy atom. The molecule has 0 aliphatic carbocycles. The van der Waals surface area contributed by atoms with Crippen LogP contribution >= 0.6 is 0 Å². The van der Waals surface area contributed by atoms with Crippen LogP contribution in [0.5, 0.6) is 5.88 Å². The van der Waals surface area contributed by atoms with Crippen LogP contribution in [0.25, 0.3) is 16.9 Å². The van der Waals surface area contributed by atoms with Crippen molar-refractivity contribution >= 4 is 5.65 Å². The highest BCUT2D eigenvalue weighted by Crippen LogP contribution is 2.29. The average molecular weight is 402 g/mol. The fraction of sp³-hybridized carbons (Fsp3) is 0.312. The van der Waals surface area contributed by atoms with E-state index in [1.165, 1.54) is 37.6 Å². The zero-order valence-corrected chi connectivity index (χ0v) is 14.3. The Morgan fingerprint density at radius 3 is 2.43 bits per heavy atom. The van der Waals surface area contributed by atoms with Crippen molar-refractivity contribution in [2.75, 3.05) is 0 Å². The maximum Gasteiger partial charge on any atom is 0.456 e. The van der Waals surface area contributed by atoms with Crippen LogP contribution in [0.2, 0.25) is 0 Å². The van der Waals surface area contributed by atoms with Gasteiger partial charge in [0.1, 0.15) is 0 Å². The minimum Gasteiger partial charge on any atom is -0.465 e. The normalized spacial score (nSPS) is 13.6. The zero-order valence-electron chi connectivity index (χ0n) is 14.3. The van der Waals surface area contributed by atoms with Crippen LogP contribution < -0.4 is 4.74 Å². The van der Waals surface area contributed by atoms with Crippen molar-refractivity contribution in [3.63, 3.8) is 0 Å². The third-order valence-corrected chi connectivity index (χ3v) is 3.77. The smallest absolute Gasteiger partial charge is 0.456 e. The van der Waals surface area contributed by atoms with Crippen molar-refractivity contribution in [2.24, 2.45) is 0 Å². The van der Waals surface area contributed by atoms with Crippen molar-refractivity contribution in [3.05, 3.63) is 43.7 Å². The first-order valence-corrected chi connectivity index (χ1v) is 7.87. The lowest BCUT2D eigenvalue weighted by Gasteiger charge is -2.19. The average Bonchev–Trinajstić information content (AvgIpc) is 3.09. The van der Waals surface area contributed by atoms with E-state index in [4.69, 9.17) is 4.74 Å². The van der Waals surface area contributed by atoms with Crippen LogP contribution in [0, 0.1) is 7.11 Å². The lowest BCUT2D eigenvalue weighted by molar-refractivity contribution is -0.223. The van der Waals surface area contributed by atoms with Crippen molar-refractivity contribution in [1.82, 2.24) is 24.6 Å². The molecule has 28 heavy (non-hydrogen) atoms. The van der Waals surface area contributed by atoms with Crippen molar-refractivity contribution in [2.45, 2.75) is 31.7 Å². The second kappa shape index (κ2) is 7.19. The Balaban J connectivity index is 1.90. The van der Waals surface area contributed by atoms with Crippen molar-refractivity contribution < 1.29 is 31.4 Å². The highest BCUT2D eigenvalue weighted by molar-refractivity contribution is 5.59. The van der Waals surface area contributed by atoms with E-state index in [0.29, 0.717) is 5.56 Å². The summed E-state index contributed by atoms with van der Waals surface area (Å²) in [6, 6.07) is 2.63. The molecule has 0 saturated heterocycles. The minimum absolute atomic E-state index is 0.0411. The summed E-state index contributed by atoms with van der Waals surface area (Å²) >= 11 is 0. The molecule has 1 atom stereocenters. The molecule has 12 heteroatoms. The molecular formula is C16H13F5N5O2+. The summed E-state index contributed by atoms with van der Waals surface area (Å²) in [6.07, 6.45) is -6.91. The van der Waals surface area contributed by atoms with Crippen LogP contribution in [0.15, 0.2) is 30.7 Å². The van der Waals surface area contributed by atoms with Gasteiger partial charge in [-0.25, -0.2) is 4.98 Å². The number of ether oxygens (including phenoxy) is 2. The maximum absolute atomic E-state index is 13.7. The van der Waals surface area contributed by atoms with E-state index in [1.807, 2.05) is 0 Å². The second-order valence-corrected chi connectivity index (χ2v) is 5.63. The quantitative estimate of drug-likeness (QED) is 0.462. The summed E-state index contributed by atoms with van der Waals surface area (Å²) in [5.74, 6) is -1.03. The molecule has 7 nitrogen and oxygen atoms in total. The Morgan fingerprint density at radius 1 is 1.11 bits per heavy atom. The van der Waals surface area contributed by atoms with Gasteiger partial charge in [-0.1, -0.05) is 6.92 Å². The fourth-order valence-electron chi connectivity index (χ4n) is 2.34. The van der Waals surface area contributed by atoms with E-state index in [0.717, 1.165) is 4.40 Å². The molecule has 3 rings (SSSR count). The minimum atomic E-state index is -4.52. The van der Waals surface area contributed by atoms with Gasteiger partial charge < -0.3 is 4.74 Å². The van der Waals surface area contributed by atoms with E-state index in [9.17, 15) is 22.0 Å². The number of hydrogen-bond donors (Lipinski definition) is 0. The first kappa shape index (κ1) is 19.7. The molecule has 0 unspecified atom stereocenters. The number of rotatable bonds is 6. The summed E-state index contributed by atoms with van der Waals surface area (Å²) in [6.45, 7) is 1.34. The Bertz CT molecular complexity index is 958. The molecule has 0 amide bonds. The van der Waals surface area contributed by atoms with E-state index in [1.54, 1.807) is 0 Å². The van der Waals surface area contributed by atoms with E-state index < -0.39 is 24.2 Å². The number of nitrogens with zero attached hydrogens (tertiary/aromatic N) is 5. The number of alkyl halides is 5. The van der Waals surface area contributed by atoms with E-state index in [2.05, 4.69) is 32.0 Å². The molecule has 3 aromatic heterocycles. The number of aromatic nitrogens is 5. The number of pyridine rings is 1. The standard InChI is InChI=1S/C16H13F5N5O2/c1-3-11(15(17,18)19)28-13-5-4-9(6-23-13)10-8-26-12(7-22-10)24-25-14(26)16(20,21)27-2/h4-8,11H,2-3H2,1H3/q+1/t11-/m1/s1. The first-order chi connectivity index (χ1) is 13.2. The number of fused-ring (bicyclic) bond motifs is 1. The summed E-state index contributed by atoms with van der Waals surface area (Å²) < 4.78 is 75.5. The van der Waals surface area contributed by atoms with Crippen LogP contribution in [0.3, 0.4) is 0 Å². The monoisotopic (exact) mass is 402 g/mol. The third kappa shape index (κ3) is 3.81. The Kier molecular flexibility index (Phi) is 5.06. The second-order valence-electron chi connectivity index (χ2n) is 5.63. The van der Waals surface area contributed by atoms with Gasteiger partial charge >= 0.3 is 12.3 Å². The van der Waals surface area contributed by atoms with Crippen LogP contribution in [0.4, 0.5) is 22.0 Å². The third-order valence-electron chi connectivity index (χ3n) is 3.77. The summed E-state index contributed by atoms with van der Waals surface area (Å²) in [7, 11) is 2.71. The SMILES string of the molecule is [CH2+]OC(F)(F)c1nnc2cnc(-c3ccc(O[C@H](CC)C(F)(F)F)nc3)cn12. The fourth-order valence-corrected chi connectivity index (χ4v) is 2.34. The molecule has 0 aliphatic heterocycles. The molecule has 3 heterocycles. The van der Waals surface area contributed by atoms with Crippen molar-refractivity contribution in [1.29, 1.82) is 0 Å². The zero-order chi connectivity index (χ0) is 20.5. The highest BCUT2D eigenvalue weighted by atomic mass is 19.4. The van der Waals surface area contributed by atoms with Gasteiger partial charge in [-0.05, 0) is 12.5 Å². The van der Waals surface area contributed by atoms with Gasteiger partial charge in [0.2, 0.25) is 18.8 Å². The molecule has 0 fully saturated rings. The molecule has 148 valence electrons.